The van der Waals surface area contributed by atoms with Crippen LogP contribution in [0.2, 0.25) is 0 Å². The molecule has 7 heteroatoms. The lowest BCUT2D eigenvalue weighted by molar-refractivity contribution is 0.0348. The molecule has 2 aliphatic rings. The van der Waals surface area contributed by atoms with Gasteiger partial charge in [0.1, 0.15) is 18.9 Å². The number of hydrogen-bond acceptors (Lipinski definition) is 6. The van der Waals surface area contributed by atoms with Crippen LogP contribution in [-0.2, 0) is 6.54 Å². The molecule has 0 unspecified atom stereocenters. The van der Waals surface area contributed by atoms with Crippen LogP contribution in [0.25, 0.3) is 0 Å². The van der Waals surface area contributed by atoms with Crippen molar-refractivity contribution in [1.29, 1.82) is 0 Å². The number of ether oxygens (including phenoxy) is 2. The number of β-amino-alcohol motifs (C(OH)–C–C–N with tert-alkyl or cyclic N) is 1. The van der Waals surface area contributed by atoms with E-state index < -0.39 is 6.10 Å². The van der Waals surface area contributed by atoms with Gasteiger partial charge in [-0.3, -0.25) is 14.7 Å². The number of hydrogen-bond donors (Lipinski definition) is 2. The fourth-order valence-electron chi connectivity index (χ4n) is 3.49. The van der Waals surface area contributed by atoms with Crippen LogP contribution in [0, 0.1) is 0 Å². The first-order valence-electron chi connectivity index (χ1n) is 9.20. The number of aliphatic hydroxyl groups is 1. The Bertz CT molecular complexity index is 799. The van der Waals surface area contributed by atoms with Gasteiger partial charge in [-0.2, -0.15) is 0 Å². The fourth-order valence-corrected chi connectivity index (χ4v) is 3.49. The van der Waals surface area contributed by atoms with Crippen molar-refractivity contribution < 1.29 is 19.4 Å². The van der Waals surface area contributed by atoms with E-state index in [0.717, 1.165) is 23.6 Å². The van der Waals surface area contributed by atoms with Crippen molar-refractivity contribution in [2.75, 3.05) is 26.3 Å². The van der Waals surface area contributed by atoms with E-state index in [1.54, 1.807) is 24.4 Å². The number of likely N-dealkylation sites (tertiary alicyclic amines) is 1. The summed E-state index contributed by atoms with van der Waals surface area (Å²) < 4.78 is 11.2. The molecule has 2 aliphatic heterocycles. The van der Waals surface area contributed by atoms with Gasteiger partial charge in [0.15, 0.2) is 11.5 Å². The zero-order chi connectivity index (χ0) is 18.6. The first kappa shape index (κ1) is 17.8. The molecule has 0 bridgehead atoms. The molecule has 4 rings (SSSR count). The van der Waals surface area contributed by atoms with Gasteiger partial charge in [-0.15, -0.1) is 0 Å². The van der Waals surface area contributed by atoms with Crippen molar-refractivity contribution in [3.05, 3.63) is 53.9 Å². The molecule has 0 radical (unpaired) electrons. The molecule has 27 heavy (non-hydrogen) atoms. The van der Waals surface area contributed by atoms with Gasteiger partial charge in [0.2, 0.25) is 0 Å². The highest BCUT2D eigenvalue weighted by atomic mass is 16.6. The Balaban J connectivity index is 1.33. The van der Waals surface area contributed by atoms with Gasteiger partial charge in [0.05, 0.1) is 12.1 Å². The predicted octanol–water partition coefficient (Wildman–Crippen LogP) is 1.22. The van der Waals surface area contributed by atoms with Gasteiger partial charge in [0, 0.05) is 25.8 Å². The first-order valence-corrected chi connectivity index (χ1v) is 9.20. The molecule has 1 amide bonds. The van der Waals surface area contributed by atoms with E-state index in [9.17, 15) is 9.90 Å². The molecule has 2 N–H and O–H groups in total. The summed E-state index contributed by atoms with van der Waals surface area (Å²) in [5, 5.41) is 13.4. The van der Waals surface area contributed by atoms with Gasteiger partial charge in [0.25, 0.3) is 5.91 Å². The highest BCUT2D eigenvalue weighted by Gasteiger charge is 2.29. The van der Waals surface area contributed by atoms with E-state index in [1.165, 1.54) is 0 Å². The lowest BCUT2D eigenvalue weighted by Crippen LogP contribution is -2.53. The molecule has 3 heterocycles. The van der Waals surface area contributed by atoms with Gasteiger partial charge in [-0.1, -0.05) is 12.1 Å². The number of fused-ring (bicyclic) bond motifs is 1. The summed E-state index contributed by atoms with van der Waals surface area (Å²) in [6.07, 6.45) is 1.65. The molecule has 7 nitrogen and oxygen atoms in total. The monoisotopic (exact) mass is 369 g/mol. The van der Waals surface area contributed by atoms with Crippen LogP contribution in [0.5, 0.6) is 11.5 Å². The molecule has 0 spiro atoms. The van der Waals surface area contributed by atoms with Crippen molar-refractivity contribution in [2.45, 2.75) is 25.1 Å². The maximum atomic E-state index is 12.2. The molecule has 2 atom stereocenters. The minimum absolute atomic E-state index is 0.250. The van der Waals surface area contributed by atoms with Gasteiger partial charge in [-0.05, 0) is 36.2 Å². The predicted molar refractivity (Wildman–Crippen MR) is 98.8 cm³/mol. The zero-order valence-electron chi connectivity index (χ0n) is 15.0. The minimum Gasteiger partial charge on any atom is -0.486 e. The number of aliphatic hydroxyl groups excluding tert-OH is 1. The van der Waals surface area contributed by atoms with Crippen molar-refractivity contribution in [3.8, 4) is 11.5 Å². The summed E-state index contributed by atoms with van der Waals surface area (Å²) in [6, 6.07) is 10.9. The van der Waals surface area contributed by atoms with Crippen LogP contribution in [0.15, 0.2) is 42.6 Å². The van der Waals surface area contributed by atoms with Crippen LogP contribution in [-0.4, -0.2) is 59.3 Å². The molecule has 1 saturated heterocycles. The average molecular weight is 369 g/mol. The summed E-state index contributed by atoms with van der Waals surface area (Å²) in [4.78, 5) is 18.5. The Hall–Kier alpha value is -2.64. The molecule has 1 aromatic heterocycles. The highest BCUT2D eigenvalue weighted by Crippen LogP contribution is 2.31. The number of carbonyl (C=O) groups excluding carboxylic acids is 1. The minimum atomic E-state index is -0.622. The van der Waals surface area contributed by atoms with E-state index in [4.69, 9.17) is 9.47 Å². The summed E-state index contributed by atoms with van der Waals surface area (Å²) in [5.74, 6) is 1.30. The third-order valence-corrected chi connectivity index (χ3v) is 4.89. The number of amides is 1. The Morgan fingerprint density at radius 1 is 1.22 bits per heavy atom. The van der Waals surface area contributed by atoms with E-state index in [-0.39, 0.29) is 11.9 Å². The fraction of sp³-hybridized carbons (Fsp3) is 0.400. The number of pyridine rings is 1. The van der Waals surface area contributed by atoms with Crippen molar-refractivity contribution in [3.63, 3.8) is 0 Å². The van der Waals surface area contributed by atoms with Crippen LogP contribution in [0.4, 0.5) is 0 Å². The van der Waals surface area contributed by atoms with E-state index in [0.29, 0.717) is 38.4 Å². The summed E-state index contributed by atoms with van der Waals surface area (Å²) in [7, 11) is 0. The topological polar surface area (TPSA) is 83.9 Å². The molecule has 1 fully saturated rings. The van der Waals surface area contributed by atoms with Crippen LogP contribution < -0.4 is 14.8 Å². The number of benzene rings is 1. The SMILES string of the molecule is O=C(N[C@@H]1CCN(Cc2ccc3c(c2)OCCO3)C[C@H]1O)c1ccccn1. The molecule has 2 aromatic rings. The molecular formula is C20H23N3O4. The summed E-state index contributed by atoms with van der Waals surface area (Å²) in [6.45, 7) is 3.15. The highest BCUT2D eigenvalue weighted by molar-refractivity contribution is 5.92. The quantitative estimate of drug-likeness (QED) is 0.843. The second-order valence-corrected chi connectivity index (χ2v) is 6.86. The van der Waals surface area contributed by atoms with Crippen molar-refractivity contribution in [1.82, 2.24) is 15.2 Å². The van der Waals surface area contributed by atoms with Gasteiger partial charge in [-0.25, -0.2) is 0 Å². The number of rotatable bonds is 4. The Labute approximate surface area is 157 Å². The second-order valence-electron chi connectivity index (χ2n) is 6.86. The zero-order valence-corrected chi connectivity index (χ0v) is 15.0. The molecule has 0 saturated carbocycles. The molecule has 142 valence electrons. The van der Waals surface area contributed by atoms with Gasteiger partial charge < -0.3 is 19.9 Å². The largest absolute Gasteiger partial charge is 0.486 e. The third kappa shape index (κ3) is 4.20. The number of nitrogens with zero attached hydrogens (tertiary/aromatic N) is 2. The van der Waals surface area contributed by atoms with E-state index >= 15 is 0 Å². The number of carbonyl (C=O) groups is 1. The maximum absolute atomic E-state index is 12.2. The first-order chi connectivity index (χ1) is 13.2. The number of nitrogens with one attached hydrogen (secondary N) is 1. The van der Waals surface area contributed by atoms with Crippen molar-refractivity contribution in [2.24, 2.45) is 0 Å². The smallest absolute Gasteiger partial charge is 0.270 e. The number of aromatic nitrogens is 1. The molecule has 0 aliphatic carbocycles. The average Bonchev–Trinajstić information content (AvgIpc) is 2.70. The second kappa shape index (κ2) is 7.94. The standard InChI is InChI=1S/C20H23N3O4/c24-17-13-23(12-14-4-5-18-19(11-14)27-10-9-26-18)8-6-15(17)22-20(25)16-3-1-2-7-21-16/h1-5,7,11,15,17,24H,6,8-10,12-13H2,(H,22,25)/t15-,17-/m1/s1. The van der Waals surface area contributed by atoms with Crippen LogP contribution >= 0.6 is 0 Å². The van der Waals surface area contributed by atoms with E-state index in [1.807, 2.05) is 18.2 Å². The Morgan fingerprint density at radius 2 is 2.07 bits per heavy atom. The lowest BCUT2D eigenvalue weighted by Gasteiger charge is -2.36. The number of piperidine rings is 1. The normalized spacial score (nSPS) is 22.3. The summed E-state index contributed by atoms with van der Waals surface area (Å²) >= 11 is 0. The Kier molecular flexibility index (Phi) is 5.22. The van der Waals surface area contributed by atoms with Gasteiger partial charge >= 0.3 is 0 Å². The summed E-state index contributed by atoms with van der Waals surface area (Å²) in [5.41, 5.74) is 1.48. The van der Waals surface area contributed by atoms with Crippen LogP contribution in [0.3, 0.4) is 0 Å². The molecular weight excluding hydrogens is 346 g/mol. The molecule has 1 aromatic carbocycles. The third-order valence-electron chi connectivity index (χ3n) is 4.89. The maximum Gasteiger partial charge on any atom is 0.270 e. The van der Waals surface area contributed by atoms with Crippen molar-refractivity contribution >= 4 is 5.91 Å². The van der Waals surface area contributed by atoms with Crippen LogP contribution in [0.1, 0.15) is 22.5 Å². The lowest BCUT2D eigenvalue weighted by atomic mass is 10.0. The van der Waals surface area contributed by atoms with E-state index in [2.05, 4.69) is 15.2 Å². The Morgan fingerprint density at radius 3 is 2.85 bits per heavy atom.